The minimum atomic E-state index is 0.324. The zero-order valence-electron chi connectivity index (χ0n) is 10.5. The van der Waals surface area contributed by atoms with E-state index < -0.39 is 0 Å². The summed E-state index contributed by atoms with van der Waals surface area (Å²) in [6, 6.07) is 2.09. The van der Waals surface area contributed by atoms with Gasteiger partial charge in [0.15, 0.2) is 0 Å². The minimum absolute atomic E-state index is 0.324. The van der Waals surface area contributed by atoms with Gasteiger partial charge in [0.1, 0.15) is 0 Å². The summed E-state index contributed by atoms with van der Waals surface area (Å²) >= 11 is 3.50. The van der Waals surface area contributed by atoms with Crippen molar-refractivity contribution in [3.05, 3.63) is 18.0 Å². The molecule has 0 aromatic carbocycles. The van der Waals surface area contributed by atoms with Crippen molar-refractivity contribution in [3.8, 4) is 0 Å². The van der Waals surface area contributed by atoms with Gasteiger partial charge in [-0.2, -0.15) is 5.10 Å². The maximum atomic E-state index is 5.82. The number of nitrogens with zero attached hydrogens (tertiary/aromatic N) is 3. The highest BCUT2D eigenvalue weighted by Crippen LogP contribution is 2.13. The number of hydrogen-bond donors (Lipinski definition) is 0. The van der Waals surface area contributed by atoms with Crippen LogP contribution >= 0.6 is 15.9 Å². The molecule has 4 nitrogen and oxygen atoms in total. The van der Waals surface area contributed by atoms with Crippen LogP contribution in [0.1, 0.15) is 12.6 Å². The van der Waals surface area contributed by atoms with Crippen LogP contribution in [0.3, 0.4) is 0 Å². The van der Waals surface area contributed by atoms with E-state index in [1.807, 2.05) is 17.9 Å². The zero-order valence-corrected chi connectivity index (χ0v) is 12.1. The van der Waals surface area contributed by atoms with Crippen LogP contribution in [0.5, 0.6) is 0 Å². The van der Waals surface area contributed by atoms with E-state index in [0.717, 1.165) is 31.4 Å². The van der Waals surface area contributed by atoms with Gasteiger partial charge in [0.2, 0.25) is 0 Å². The Kier molecular flexibility index (Phi) is 4.59. The molecule has 2 unspecified atom stereocenters. The summed E-state index contributed by atoms with van der Waals surface area (Å²) in [6.45, 7) is 5.28. The standard InChI is InChI=1S/C12H20BrN3O/c1-10-8-16(9-12(7-13)17-10)6-4-11-3-5-14-15(11)2/h3,5,10,12H,4,6-9H2,1-2H3. The first-order valence-electron chi connectivity index (χ1n) is 6.09. The average molecular weight is 302 g/mol. The molecular formula is C12H20BrN3O. The Morgan fingerprint density at radius 1 is 1.53 bits per heavy atom. The molecule has 0 bridgehead atoms. The van der Waals surface area contributed by atoms with Gasteiger partial charge in [0.25, 0.3) is 0 Å². The molecule has 96 valence electrons. The highest BCUT2D eigenvalue weighted by molar-refractivity contribution is 9.09. The van der Waals surface area contributed by atoms with Crippen LogP contribution in [0.4, 0.5) is 0 Å². The smallest absolute Gasteiger partial charge is 0.0802 e. The second-order valence-corrected chi connectivity index (χ2v) is 5.33. The largest absolute Gasteiger partial charge is 0.372 e. The van der Waals surface area contributed by atoms with Crippen LogP contribution in [-0.2, 0) is 18.2 Å². The molecule has 0 aliphatic carbocycles. The Morgan fingerprint density at radius 2 is 2.35 bits per heavy atom. The summed E-state index contributed by atoms with van der Waals surface area (Å²) < 4.78 is 7.77. The fraction of sp³-hybridized carbons (Fsp3) is 0.750. The minimum Gasteiger partial charge on any atom is -0.372 e. The van der Waals surface area contributed by atoms with Gasteiger partial charge >= 0.3 is 0 Å². The van der Waals surface area contributed by atoms with Gasteiger partial charge < -0.3 is 4.74 Å². The molecule has 1 aromatic heterocycles. The number of ether oxygens (including phenoxy) is 1. The highest BCUT2D eigenvalue weighted by atomic mass is 79.9. The van der Waals surface area contributed by atoms with Crippen LogP contribution in [-0.4, -0.2) is 51.9 Å². The first-order chi connectivity index (χ1) is 8.19. The molecule has 0 N–H and O–H groups in total. The number of aryl methyl sites for hydroxylation is 1. The molecule has 0 amide bonds. The molecule has 2 rings (SSSR count). The van der Waals surface area contributed by atoms with E-state index in [1.54, 1.807) is 0 Å². The second-order valence-electron chi connectivity index (χ2n) is 4.68. The van der Waals surface area contributed by atoms with Crippen LogP contribution in [0.15, 0.2) is 12.3 Å². The SMILES string of the molecule is CC1CN(CCc2ccnn2C)CC(CBr)O1. The summed E-state index contributed by atoms with van der Waals surface area (Å²) in [5, 5.41) is 5.11. The molecule has 0 radical (unpaired) electrons. The number of rotatable bonds is 4. The molecule has 1 aromatic rings. The van der Waals surface area contributed by atoms with Crippen LogP contribution in [0.2, 0.25) is 0 Å². The molecule has 2 atom stereocenters. The summed E-state index contributed by atoms with van der Waals surface area (Å²) in [5.41, 5.74) is 1.29. The molecular weight excluding hydrogens is 282 g/mol. The lowest BCUT2D eigenvalue weighted by Crippen LogP contribution is -2.47. The molecule has 1 aliphatic heterocycles. The number of hydrogen-bond acceptors (Lipinski definition) is 3. The van der Waals surface area contributed by atoms with Gasteiger partial charge in [0.05, 0.1) is 12.2 Å². The van der Waals surface area contributed by atoms with Crippen molar-refractivity contribution in [2.24, 2.45) is 7.05 Å². The van der Waals surface area contributed by atoms with E-state index in [0.29, 0.717) is 12.2 Å². The summed E-state index contributed by atoms with van der Waals surface area (Å²) in [7, 11) is 2.00. The molecule has 0 saturated carbocycles. The van der Waals surface area contributed by atoms with Crippen molar-refractivity contribution < 1.29 is 4.74 Å². The lowest BCUT2D eigenvalue weighted by Gasteiger charge is -2.36. The fourth-order valence-electron chi connectivity index (χ4n) is 2.33. The van der Waals surface area contributed by atoms with Gasteiger partial charge in [-0.3, -0.25) is 9.58 Å². The molecule has 1 saturated heterocycles. The predicted molar refractivity (Wildman–Crippen MR) is 71.5 cm³/mol. The lowest BCUT2D eigenvalue weighted by atomic mass is 10.2. The normalized spacial score (nSPS) is 26.3. The third-order valence-electron chi connectivity index (χ3n) is 3.18. The topological polar surface area (TPSA) is 30.3 Å². The number of halogens is 1. The van der Waals surface area contributed by atoms with Crippen molar-refractivity contribution >= 4 is 15.9 Å². The Labute approximate surface area is 111 Å². The molecule has 5 heteroatoms. The summed E-state index contributed by atoms with van der Waals surface area (Å²) in [5.74, 6) is 0. The Morgan fingerprint density at radius 3 is 3.00 bits per heavy atom. The van der Waals surface area contributed by atoms with E-state index in [2.05, 4.69) is 38.9 Å². The monoisotopic (exact) mass is 301 g/mol. The van der Waals surface area contributed by atoms with Crippen molar-refractivity contribution in [3.63, 3.8) is 0 Å². The first kappa shape index (κ1) is 13.1. The number of aromatic nitrogens is 2. The van der Waals surface area contributed by atoms with E-state index in [1.165, 1.54) is 5.69 Å². The molecule has 1 aliphatic rings. The van der Waals surface area contributed by atoms with Crippen molar-refractivity contribution in [2.45, 2.75) is 25.6 Å². The quantitative estimate of drug-likeness (QED) is 0.789. The first-order valence-corrected chi connectivity index (χ1v) is 7.22. The maximum Gasteiger partial charge on any atom is 0.0802 e. The molecule has 0 spiro atoms. The van der Waals surface area contributed by atoms with Crippen LogP contribution < -0.4 is 0 Å². The lowest BCUT2D eigenvalue weighted by molar-refractivity contribution is -0.0649. The predicted octanol–water partition coefficient (Wildman–Crippen LogP) is 1.45. The van der Waals surface area contributed by atoms with Gasteiger partial charge in [-0.1, -0.05) is 15.9 Å². The van der Waals surface area contributed by atoms with Crippen LogP contribution in [0, 0.1) is 0 Å². The van der Waals surface area contributed by atoms with Gasteiger partial charge in [-0.25, -0.2) is 0 Å². The molecule has 1 fully saturated rings. The Balaban J connectivity index is 1.84. The second kappa shape index (κ2) is 5.98. The van der Waals surface area contributed by atoms with Gasteiger partial charge in [-0.15, -0.1) is 0 Å². The fourth-order valence-corrected chi connectivity index (χ4v) is 2.69. The summed E-state index contributed by atoms with van der Waals surface area (Å²) in [4.78, 5) is 2.48. The van der Waals surface area contributed by atoms with E-state index in [-0.39, 0.29) is 0 Å². The number of morpholine rings is 1. The van der Waals surface area contributed by atoms with Crippen LogP contribution in [0.25, 0.3) is 0 Å². The van der Waals surface area contributed by atoms with Crippen molar-refractivity contribution in [1.29, 1.82) is 0 Å². The third kappa shape index (κ3) is 3.53. The third-order valence-corrected chi connectivity index (χ3v) is 3.90. The van der Waals surface area contributed by atoms with E-state index in [9.17, 15) is 0 Å². The maximum absolute atomic E-state index is 5.82. The Hall–Kier alpha value is -0.390. The van der Waals surface area contributed by atoms with Crippen molar-refractivity contribution in [1.82, 2.24) is 14.7 Å². The summed E-state index contributed by atoms with van der Waals surface area (Å²) in [6.07, 6.45) is 3.57. The zero-order chi connectivity index (χ0) is 12.3. The van der Waals surface area contributed by atoms with E-state index >= 15 is 0 Å². The van der Waals surface area contributed by atoms with Crippen molar-refractivity contribution in [2.75, 3.05) is 25.0 Å². The number of alkyl halides is 1. The van der Waals surface area contributed by atoms with Gasteiger partial charge in [-0.05, 0) is 13.0 Å². The molecule has 17 heavy (non-hydrogen) atoms. The molecule has 2 heterocycles. The van der Waals surface area contributed by atoms with Gasteiger partial charge in [0, 0.05) is 50.3 Å². The van der Waals surface area contributed by atoms with E-state index in [4.69, 9.17) is 4.74 Å². The average Bonchev–Trinajstić information content (AvgIpc) is 2.71. The Bertz CT molecular complexity index is 355. The highest BCUT2D eigenvalue weighted by Gasteiger charge is 2.24.